The average Bonchev–Trinajstić information content (AvgIpc) is 2.86. The maximum atomic E-state index is 14.5. The molecule has 1 atom stereocenters. The maximum Gasteiger partial charge on any atom is 0.244 e. The topological polar surface area (TPSA) is 96.0 Å². The predicted molar refractivity (Wildman–Crippen MR) is 141 cm³/mol. The standard InChI is InChI=1S/C27H36FN3O5S/c1-19-14-15-25(36-3)24(16-19)31(37(4,34)35)18-26(32)30(17-21-10-8-9-13-23(21)28)20(2)27(33)29-22-11-6-5-7-12-22/h8-10,13-16,20,22H,5-7,11-12,17-18H2,1-4H3,(H,29,33)/t20-/m1/s1. The molecule has 8 nitrogen and oxygen atoms in total. The quantitative estimate of drug-likeness (QED) is 0.502. The van der Waals surface area contributed by atoms with Crippen molar-refractivity contribution < 1.29 is 27.1 Å². The first kappa shape index (κ1) is 28.4. The van der Waals surface area contributed by atoms with Crippen molar-refractivity contribution in [2.75, 3.05) is 24.2 Å². The number of nitrogens with one attached hydrogen (secondary N) is 1. The van der Waals surface area contributed by atoms with E-state index in [1.54, 1.807) is 50.2 Å². The van der Waals surface area contributed by atoms with Crippen LogP contribution in [0.2, 0.25) is 0 Å². The number of sulfonamides is 1. The summed E-state index contributed by atoms with van der Waals surface area (Å²) in [6.07, 6.45) is 5.92. The second kappa shape index (κ2) is 12.4. The summed E-state index contributed by atoms with van der Waals surface area (Å²) >= 11 is 0. The van der Waals surface area contributed by atoms with Gasteiger partial charge in [0.1, 0.15) is 24.2 Å². The van der Waals surface area contributed by atoms with Crippen LogP contribution < -0.4 is 14.4 Å². The van der Waals surface area contributed by atoms with Gasteiger partial charge in [-0.05, 0) is 50.5 Å². The van der Waals surface area contributed by atoms with Crippen LogP contribution in [0.3, 0.4) is 0 Å². The van der Waals surface area contributed by atoms with Crippen molar-refractivity contribution in [1.82, 2.24) is 10.2 Å². The Balaban J connectivity index is 1.93. The number of benzene rings is 2. The number of rotatable bonds is 10. The summed E-state index contributed by atoms with van der Waals surface area (Å²) in [6.45, 7) is 2.61. The molecule has 1 N–H and O–H groups in total. The number of methoxy groups -OCH3 is 1. The number of aryl methyl sites for hydroxylation is 1. The Morgan fingerprint density at radius 3 is 2.43 bits per heavy atom. The van der Waals surface area contributed by atoms with Crippen LogP contribution in [0.15, 0.2) is 42.5 Å². The van der Waals surface area contributed by atoms with Gasteiger partial charge >= 0.3 is 0 Å². The molecule has 0 saturated heterocycles. The lowest BCUT2D eigenvalue weighted by atomic mass is 9.95. The van der Waals surface area contributed by atoms with E-state index in [1.807, 2.05) is 0 Å². The van der Waals surface area contributed by atoms with E-state index in [-0.39, 0.29) is 35.5 Å². The highest BCUT2D eigenvalue weighted by atomic mass is 32.2. The van der Waals surface area contributed by atoms with Crippen LogP contribution in [-0.4, -0.2) is 57.1 Å². The number of halogens is 1. The van der Waals surface area contributed by atoms with Crippen molar-refractivity contribution in [2.24, 2.45) is 0 Å². The summed E-state index contributed by atoms with van der Waals surface area (Å²) < 4.78 is 46.5. The Morgan fingerprint density at radius 2 is 1.81 bits per heavy atom. The minimum absolute atomic E-state index is 0.0261. The average molecular weight is 534 g/mol. The molecule has 0 heterocycles. The van der Waals surface area contributed by atoms with Gasteiger partial charge in [0, 0.05) is 18.2 Å². The van der Waals surface area contributed by atoms with Crippen molar-refractivity contribution in [2.45, 2.75) is 64.6 Å². The largest absolute Gasteiger partial charge is 0.495 e. The molecule has 0 aliphatic heterocycles. The van der Waals surface area contributed by atoms with E-state index in [2.05, 4.69) is 5.32 Å². The van der Waals surface area contributed by atoms with E-state index in [4.69, 9.17) is 4.74 Å². The number of anilines is 1. The lowest BCUT2D eigenvalue weighted by Gasteiger charge is -2.33. The van der Waals surface area contributed by atoms with Crippen molar-refractivity contribution in [3.8, 4) is 5.75 Å². The van der Waals surface area contributed by atoms with E-state index < -0.39 is 34.3 Å². The van der Waals surface area contributed by atoms with Crippen LogP contribution in [0.1, 0.15) is 50.2 Å². The highest BCUT2D eigenvalue weighted by Crippen LogP contribution is 2.31. The van der Waals surface area contributed by atoms with Crippen molar-refractivity contribution in [3.05, 3.63) is 59.4 Å². The third kappa shape index (κ3) is 7.44. The van der Waals surface area contributed by atoms with Gasteiger partial charge in [0.2, 0.25) is 21.8 Å². The van der Waals surface area contributed by atoms with Gasteiger partial charge in [0.05, 0.1) is 19.1 Å². The van der Waals surface area contributed by atoms with Gasteiger partial charge in [-0.3, -0.25) is 13.9 Å². The molecule has 1 aliphatic carbocycles. The first-order valence-corrected chi connectivity index (χ1v) is 14.3. The van der Waals surface area contributed by atoms with Crippen LogP contribution in [0.4, 0.5) is 10.1 Å². The molecular weight excluding hydrogens is 497 g/mol. The molecule has 202 valence electrons. The van der Waals surface area contributed by atoms with Crippen molar-refractivity contribution >= 4 is 27.5 Å². The number of hydrogen-bond acceptors (Lipinski definition) is 5. The molecule has 1 fully saturated rings. The van der Waals surface area contributed by atoms with Crippen LogP contribution >= 0.6 is 0 Å². The lowest BCUT2D eigenvalue weighted by molar-refractivity contribution is -0.139. The van der Waals surface area contributed by atoms with Gasteiger partial charge in [0.25, 0.3) is 0 Å². The molecule has 2 amide bonds. The molecule has 2 aromatic carbocycles. The zero-order chi connectivity index (χ0) is 27.2. The van der Waals surface area contributed by atoms with Crippen molar-refractivity contribution in [3.63, 3.8) is 0 Å². The number of amides is 2. The molecule has 10 heteroatoms. The number of carbonyl (C=O) groups excluding carboxylic acids is 2. The molecule has 0 spiro atoms. The number of ether oxygens (including phenoxy) is 1. The highest BCUT2D eigenvalue weighted by molar-refractivity contribution is 7.92. The van der Waals surface area contributed by atoms with Gasteiger partial charge < -0.3 is 15.0 Å². The summed E-state index contributed by atoms with van der Waals surface area (Å²) in [4.78, 5) is 28.1. The van der Waals surface area contributed by atoms with Crippen LogP contribution in [-0.2, 0) is 26.2 Å². The SMILES string of the molecule is COc1ccc(C)cc1N(CC(=O)N(Cc1ccccc1F)[C@H](C)C(=O)NC1CCCCC1)S(C)(=O)=O. The Bertz CT molecular complexity index is 1210. The van der Waals surface area contributed by atoms with Gasteiger partial charge in [-0.1, -0.05) is 43.5 Å². The highest BCUT2D eigenvalue weighted by Gasteiger charge is 2.32. The van der Waals surface area contributed by atoms with Gasteiger partial charge in [-0.2, -0.15) is 0 Å². The van der Waals surface area contributed by atoms with E-state index in [0.717, 1.165) is 48.2 Å². The maximum absolute atomic E-state index is 14.5. The van der Waals surface area contributed by atoms with E-state index in [1.165, 1.54) is 18.1 Å². The number of carbonyl (C=O) groups is 2. The first-order valence-electron chi connectivity index (χ1n) is 12.5. The van der Waals surface area contributed by atoms with E-state index in [9.17, 15) is 22.4 Å². The van der Waals surface area contributed by atoms with E-state index in [0.29, 0.717) is 0 Å². The summed E-state index contributed by atoms with van der Waals surface area (Å²) in [5.74, 6) is -1.22. The molecule has 2 aromatic rings. The molecule has 1 aliphatic rings. The van der Waals surface area contributed by atoms with Gasteiger partial charge in [0.15, 0.2) is 0 Å². The zero-order valence-electron chi connectivity index (χ0n) is 21.9. The molecular formula is C27H36FN3O5S. The Kier molecular flexibility index (Phi) is 9.53. The molecule has 3 rings (SSSR count). The summed E-state index contributed by atoms with van der Waals surface area (Å²) in [7, 11) is -2.50. The molecule has 1 saturated carbocycles. The molecule has 0 aromatic heterocycles. The summed E-state index contributed by atoms with van der Waals surface area (Å²) in [5, 5.41) is 3.02. The smallest absolute Gasteiger partial charge is 0.244 e. The van der Waals surface area contributed by atoms with Crippen LogP contribution in [0.5, 0.6) is 5.75 Å². The van der Waals surface area contributed by atoms with E-state index >= 15 is 0 Å². The minimum Gasteiger partial charge on any atom is -0.495 e. The minimum atomic E-state index is -3.91. The fourth-order valence-corrected chi connectivity index (χ4v) is 5.40. The first-order chi connectivity index (χ1) is 17.5. The number of hydrogen-bond donors (Lipinski definition) is 1. The lowest BCUT2D eigenvalue weighted by Crippen LogP contribution is -2.53. The molecule has 0 radical (unpaired) electrons. The fourth-order valence-electron chi connectivity index (χ4n) is 4.55. The summed E-state index contributed by atoms with van der Waals surface area (Å²) in [6, 6.07) is 10.1. The van der Waals surface area contributed by atoms with Gasteiger partial charge in [-0.25, -0.2) is 12.8 Å². The Morgan fingerprint density at radius 1 is 1.14 bits per heavy atom. The molecule has 0 bridgehead atoms. The molecule has 37 heavy (non-hydrogen) atoms. The normalized spacial score (nSPS) is 15.1. The second-order valence-electron chi connectivity index (χ2n) is 9.58. The van der Waals surface area contributed by atoms with Crippen molar-refractivity contribution in [1.29, 1.82) is 0 Å². The van der Waals surface area contributed by atoms with Crippen LogP contribution in [0.25, 0.3) is 0 Å². The second-order valence-corrected chi connectivity index (χ2v) is 11.5. The number of nitrogens with zero attached hydrogens (tertiary/aromatic N) is 2. The summed E-state index contributed by atoms with van der Waals surface area (Å²) in [5.41, 5.74) is 1.22. The van der Waals surface area contributed by atoms with Crippen LogP contribution in [0, 0.1) is 12.7 Å². The molecule has 0 unspecified atom stereocenters. The zero-order valence-corrected chi connectivity index (χ0v) is 22.7. The predicted octanol–water partition coefficient (Wildman–Crippen LogP) is 3.77. The fraction of sp³-hybridized carbons (Fsp3) is 0.481. The third-order valence-electron chi connectivity index (χ3n) is 6.70. The van der Waals surface area contributed by atoms with Gasteiger partial charge in [-0.15, -0.1) is 0 Å². The third-order valence-corrected chi connectivity index (χ3v) is 7.83. The monoisotopic (exact) mass is 533 g/mol. The Labute approximate surface area is 218 Å². The Hall–Kier alpha value is -3.14.